The van der Waals surface area contributed by atoms with E-state index in [0.29, 0.717) is 5.75 Å². The highest BCUT2D eigenvalue weighted by molar-refractivity contribution is 6.32. The summed E-state index contributed by atoms with van der Waals surface area (Å²) < 4.78 is 10.7. The van der Waals surface area contributed by atoms with Crippen LogP contribution >= 0.6 is 11.6 Å². The maximum absolute atomic E-state index is 10.1. The number of aromatic hydroxyl groups is 1. The van der Waals surface area contributed by atoms with E-state index in [1.165, 1.54) is 12.7 Å². The van der Waals surface area contributed by atoms with Crippen molar-refractivity contribution < 1.29 is 14.6 Å². The number of methoxy groups -OCH3 is 1. The molecular weight excluding hydrogens is 450 g/mol. The number of aromatic nitrogens is 1. The molecule has 0 bridgehead atoms. The average molecular weight is 476 g/mol. The Morgan fingerprint density at radius 2 is 1.82 bits per heavy atom. The summed E-state index contributed by atoms with van der Waals surface area (Å²) >= 11 is 6.21. The molecule has 1 aliphatic rings. The van der Waals surface area contributed by atoms with Crippen molar-refractivity contribution in [2.24, 2.45) is 0 Å². The van der Waals surface area contributed by atoms with Crippen LogP contribution in [-0.2, 0) is 11.3 Å². The molecule has 0 amide bonds. The predicted molar refractivity (Wildman–Crippen MR) is 136 cm³/mol. The van der Waals surface area contributed by atoms with E-state index >= 15 is 0 Å². The molecule has 3 aromatic carbocycles. The van der Waals surface area contributed by atoms with Gasteiger partial charge in [-0.15, -0.1) is 0 Å². The molecule has 0 unspecified atom stereocenters. The molecule has 2 N–H and O–H groups in total. The standard InChI is InChI=1S/C27H26ClN3O3/c1-33-26-16-20(15-23(28)27(26)32)19-4-7-24-22(14-19)25(8-9-29-24)30-21-5-2-18(3-6-21)17-31-10-12-34-13-11-31/h2-9,14-16,32H,10-13,17H2,1H3,(H,29,30). The molecule has 1 fully saturated rings. The number of morpholine rings is 1. The Morgan fingerprint density at radius 3 is 2.59 bits per heavy atom. The van der Waals surface area contributed by atoms with Crippen molar-refractivity contribution in [3.05, 3.63) is 77.4 Å². The molecular formula is C27H26ClN3O3. The summed E-state index contributed by atoms with van der Waals surface area (Å²) in [6.45, 7) is 4.50. The first-order valence-electron chi connectivity index (χ1n) is 11.2. The molecule has 0 aliphatic carbocycles. The number of nitrogens with zero attached hydrogens (tertiary/aromatic N) is 2. The van der Waals surface area contributed by atoms with Crippen LogP contribution in [0.5, 0.6) is 11.5 Å². The van der Waals surface area contributed by atoms with Gasteiger partial charge in [-0.1, -0.05) is 29.8 Å². The lowest BCUT2D eigenvalue weighted by Crippen LogP contribution is -2.35. The van der Waals surface area contributed by atoms with E-state index in [1.807, 2.05) is 18.2 Å². The summed E-state index contributed by atoms with van der Waals surface area (Å²) in [4.78, 5) is 6.93. The predicted octanol–water partition coefficient (Wildman–Crippen LogP) is 5.85. The molecule has 0 radical (unpaired) electrons. The summed E-state index contributed by atoms with van der Waals surface area (Å²) in [5.41, 5.74) is 5.94. The summed E-state index contributed by atoms with van der Waals surface area (Å²) in [6.07, 6.45) is 1.80. The van der Waals surface area contributed by atoms with Gasteiger partial charge in [-0.2, -0.15) is 0 Å². The molecule has 5 rings (SSSR count). The third kappa shape index (κ3) is 4.80. The van der Waals surface area contributed by atoms with E-state index in [4.69, 9.17) is 21.1 Å². The minimum Gasteiger partial charge on any atom is -0.503 e. The highest BCUT2D eigenvalue weighted by Crippen LogP contribution is 2.39. The fourth-order valence-corrected chi connectivity index (χ4v) is 4.41. The van der Waals surface area contributed by atoms with Crippen molar-refractivity contribution in [3.63, 3.8) is 0 Å². The van der Waals surface area contributed by atoms with Crippen LogP contribution in [0.3, 0.4) is 0 Å². The Bertz CT molecular complexity index is 1300. The quantitative estimate of drug-likeness (QED) is 0.365. The van der Waals surface area contributed by atoms with Crippen LogP contribution in [-0.4, -0.2) is 48.4 Å². The molecule has 4 aromatic rings. The number of halogens is 1. The fraction of sp³-hybridized carbons (Fsp3) is 0.222. The van der Waals surface area contributed by atoms with E-state index in [2.05, 4.69) is 45.5 Å². The number of rotatable bonds is 6. The van der Waals surface area contributed by atoms with E-state index < -0.39 is 0 Å². The second-order valence-corrected chi connectivity index (χ2v) is 8.72. The second kappa shape index (κ2) is 9.89. The van der Waals surface area contributed by atoms with Crippen LogP contribution < -0.4 is 10.1 Å². The minimum atomic E-state index is -0.0604. The van der Waals surface area contributed by atoms with E-state index in [1.54, 1.807) is 18.3 Å². The number of phenols is 1. The van der Waals surface area contributed by atoms with Crippen molar-refractivity contribution >= 4 is 33.9 Å². The zero-order chi connectivity index (χ0) is 23.5. The van der Waals surface area contributed by atoms with Gasteiger partial charge < -0.3 is 19.9 Å². The van der Waals surface area contributed by atoms with E-state index in [0.717, 1.165) is 66.3 Å². The monoisotopic (exact) mass is 475 g/mol. The average Bonchev–Trinajstić information content (AvgIpc) is 2.87. The molecule has 1 aliphatic heterocycles. The first kappa shape index (κ1) is 22.5. The van der Waals surface area contributed by atoms with Gasteiger partial charge in [0.15, 0.2) is 11.5 Å². The van der Waals surface area contributed by atoms with Gasteiger partial charge in [0, 0.05) is 42.6 Å². The number of nitrogens with one attached hydrogen (secondary N) is 1. The van der Waals surface area contributed by atoms with Crippen LogP contribution in [0.15, 0.2) is 66.9 Å². The lowest BCUT2D eigenvalue weighted by Gasteiger charge is -2.26. The summed E-state index contributed by atoms with van der Waals surface area (Å²) in [5.74, 6) is 0.277. The number of benzene rings is 3. The van der Waals surface area contributed by atoms with E-state index in [9.17, 15) is 5.11 Å². The van der Waals surface area contributed by atoms with Crippen LogP contribution in [0.2, 0.25) is 5.02 Å². The van der Waals surface area contributed by atoms with Crippen molar-refractivity contribution in [3.8, 4) is 22.6 Å². The molecule has 1 aromatic heterocycles. The molecule has 2 heterocycles. The highest BCUT2D eigenvalue weighted by Gasteiger charge is 2.13. The van der Waals surface area contributed by atoms with Gasteiger partial charge in [-0.05, 0) is 59.2 Å². The molecule has 34 heavy (non-hydrogen) atoms. The largest absolute Gasteiger partial charge is 0.503 e. The molecule has 0 saturated carbocycles. The minimum absolute atomic E-state index is 0.0604. The molecule has 7 heteroatoms. The van der Waals surface area contributed by atoms with Gasteiger partial charge in [0.25, 0.3) is 0 Å². The molecule has 6 nitrogen and oxygen atoms in total. The van der Waals surface area contributed by atoms with Crippen molar-refractivity contribution in [2.75, 3.05) is 38.7 Å². The maximum Gasteiger partial charge on any atom is 0.176 e. The summed E-state index contributed by atoms with van der Waals surface area (Å²) in [6, 6.07) is 20.1. The third-order valence-electron chi connectivity index (χ3n) is 6.07. The Kier molecular flexibility index (Phi) is 6.54. The SMILES string of the molecule is COc1cc(-c2ccc3nccc(Nc4ccc(CN5CCOCC5)cc4)c3c2)cc(Cl)c1O. The third-order valence-corrected chi connectivity index (χ3v) is 6.35. The van der Waals surface area contributed by atoms with Crippen LogP contribution in [0.1, 0.15) is 5.56 Å². The van der Waals surface area contributed by atoms with Crippen LogP contribution in [0.4, 0.5) is 11.4 Å². The maximum atomic E-state index is 10.1. The number of phenolic OH excluding ortho intramolecular Hbond substituents is 1. The number of anilines is 2. The van der Waals surface area contributed by atoms with Gasteiger partial charge in [-0.3, -0.25) is 9.88 Å². The second-order valence-electron chi connectivity index (χ2n) is 8.31. The molecule has 174 valence electrons. The topological polar surface area (TPSA) is 66.9 Å². The summed E-state index contributed by atoms with van der Waals surface area (Å²) in [7, 11) is 1.51. The smallest absolute Gasteiger partial charge is 0.176 e. The Balaban J connectivity index is 1.41. The fourth-order valence-electron chi connectivity index (χ4n) is 4.20. The zero-order valence-corrected chi connectivity index (χ0v) is 19.7. The van der Waals surface area contributed by atoms with Crippen molar-refractivity contribution in [1.82, 2.24) is 9.88 Å². The Hall–Kier alpha value is -3.32. The van der Waals surface area contributed by atoms with Gasteiger partial charge in [-0.25, -0.2) is 0 Å². The Morgan fingerprint density at radius 1 is 1.03 bits per heavy atom. The van der Waals surface area contributed by atoms with Gasteiger partial charge >= 0.3 is 0 Å². The first-order chi connectivity index (χ1) is 16.6. The molecule has 0 spiro atoms. The van der Waals surface area contributed by atoms with Crippen molar-refractivity contribution in [1.29, 1.82) is 0 Å². The lowest BCUT2D eigenvalue weighted by atomic mass is 10.0. The normalized spacial score (nSPS) is 14.3. The summed E-state index contributed by atoms with van der Waals surface area (Å²) in [5, 5.41) is 14.8. The number of hydrogen-bond acceptors (Lipinski definition) is 6. The number of ether oxygens (including phenoxy) is 2. The first-order valence-corrected chi connectivity index (χ1v) is 11.6. The number of fused-ring (bicyclic) bond motifs is 1. The van der Waals surface area contributed by atoms with Crippen LogP contribution in [0.25, 0.3) is 22.0 Å². The zero-order valence-electron chi connectivity index (χ0n) is 18.9. The molecule has 1 saturated heterocycles. The van der Waals surface area contributed by atoms with Gasteiger partial charge in [0.1, 0.15) is 0 Å². The van der Waals surface area contributed by atoms with Gasteiger partial charge in [0.2, 0.25) is 0 Å². The van der Waals surface area contributed by atoms with Crippen LogP contribution in [0, 0.1) is 0 Å². The van der Waals surface area contributed by atoms with Gasteiger partial charge in [0.05, 0.1) is 30.9 Å². The molecule has 0 atom stereocenters. The van der Waals surface area contributed by atoms with E-state index in [-0.39, 0.29) is 10.8 Å². The highest BCUT2D eigenvalue weighted by atomic mass is 35.5. The Labute approximate surface area is 203 Å². The number of pyridine rings is 1. The lowest BCUT2D eigenvalue weighted by molar-refractivity contribution is 0.0342. The number of hydrogen-bond donors (Lipinski definition) is 2. The van der Waals surface area contributed by atoms with Crippen molar-refractivity contribution in [2.45, 2.75) is 6.54 Å².